The molecule has 20 heavy (non-hydrogen) atoms. The smallest absolute Gasteiger partial charge is 0.255 e. The van der Waals surface area contributed by atoms with Crippen LogP contribution < -0.4 is 0 Å². The molecule has 0 atom stereocenters. The predicted octanol–water partition coefficient (Wildman–Crippen LogP) is 0.374. The zero-order chi connectivity index (χ0) is 14.5. The van der Waals surface area contributed by atoms with Gasteiger partial charge in [0.05, 0.1) is 5.56 Å². The summed E-state index contributed by atoms with van der Waals surface area (Å²) in [6.07, 6.45) is 0. The standard InChI is InChI=1S/C14H14FNO3S/c15-12-3-4-13(11(10-12)2-1-7-17)14(18)16-5-8-20(19)9-6-16/h3-4,10,17H,5-9H2. The maximum absolute atomic E-state index is 13.2. The van der Waals surface area contributed by atoms with Crippen LogP contribution in [-0.2, 0) is 10.8 Å². The lowest BCUT2D eigenvalue weighted by molar-refractivity contribution is 0.0771. The van der Waals surface area contributed by atoms with E-state index in [1.54, 1.807) is 4.90 Å². The first kappa shape index (κ1) is 14.7. The number of carbonyl (C=O) groups excluding carboxylic acids is 1. The maximum atomic E-state index is 13.2. The molecule has 1 aromatic rings. The fraction of sp³-hybridized carbons (Fsp3) is 0.357. The first-order chi connectivity index (χ1) is 9.61. The first-order valence-electron chi connectivity index (χ1n) is 6.15. The van der Waals surface area contributed by atoms with Gasteiger partial charge in [-0.1, -0.05) is 11.8 Å². The number of benzene rings is 1. The van der Waals surface area contributed by atoms with E-state index in [0.29, 0.717) is 30.2 Å². The maximum Gasteiger partial charge on any atom is 0.255 e. The monoisotopic (exact) mass is 295 g/mol. The van der Waals surface area contributed by atoms with E-state index in [-0.39, 0.29) is 18.1 Å². The van der Waals surface area contributed by atoms with Gasteiger partial charge in [0.2, 0.25) is 0 Å². The average molecular weight is 295 g/mol. The molecule has 0 saturated carbocycles. The van der Waals surface area contributed by atoms with Gasteiger partial charge in [-0.25, -0.2) is 4.39 Å². The topological polar surface area (TPSA) is 57.6 Å². The molecular weight excluding hydrogens is 281 g/mol. The molecule has 0 spiro atoms. The summed E-state index contributed by atoms with van der Waals surface area (Å²) in [5.74, 6) is 5.20. The Bertz CT molecular complexity index is 596. The van der Waals surface area contributed by atoms with Gasteiger partial charge in [-0.3, -0.25) is 9.00 Å². The van der Waals surface area contributed by atoms with Crippen molar-refractivity contribution in [3.8, 4) is 11.8 Å². The number of amides is 1. The number of aliphatic hydroxyl groups excluding tert-OH is 1. The number of carbonyl (C=O) groups is 1. The van der Waals surface area contributed by atoms with E-state index in [0.717, 1.165) is 0 Å². The van der Waals surface area contributed by atoms with Crippen LogP contribution in [0.5, 0.6) is 0 Å². The van der Waals surface area contributed by atoms with Crippen molar-refractivity contribution in [2.24, 2.45) is 0 Å². The van der Waals surface area contributed by atoms with E-state index in [1.807, 2.05) is 0 Å². The fourth-order valence-corrected chi connectivity index (χ4v) is 3.00. The first-order valence-corrected chi connectivity index (χ1v) is 7.64. The lowest BCUT2D eigenvalue weighted by atomic mass is 10.1. The molecular formula is C14H14FNO3S. The van der Waals surface area contributed by atoms with Gasteiger partial charge in [-0.15, -0.1) is 0 Å². The number of rotatable bonds is 1. The van der Waals surface area contributed by atoms with Crippen LogP contribution in [0.25, 0.3) is 0 Å². The highest BCUT2D eigenvalue weighted by Gasteiger charge is 2.23. The Kier molecular flexibility index (Phi) is 4.88. The molecule has 6 heteroatoms. The minimum atomic E-state index is -0.863. The third kappa shape index (κ3) is 3.44. The third-order valence-corrected chi connectivity index (χ3v) is 4.25. The second-order valence-corrected chi connectivity index (χ2v) is 5.99. The van der Waals surface area contributed by atoms with Crippen molar-refractivity contribution in [1.29, 1.82) is 0 Å². The van der Waals surface area contributed by atoms with Crippen molar-refractivity contribution >= 4 is 16.7 Å². The van der Waals surface area contributed by atoms with Crippen LogP contribution >= 0.6 is 0 Å². The number of nitrogens with zero attached hydrogens (tertiary/aromatic N) is 1. The van der Waals surface area contributed by atoms with E-state index in [1.165, 1.54) is 18.2 Å². The summed E-state index contributed by atoms with van der Waals surface area (Å²) in [5, 5.41) is 8.71. The van der Waals surface area contributed by atoms with Crippen molar-refractivity contribution in [2.45, 2.75) is 0 Å². The van der Waals surface area contributed by atoms with Crippen LogP contribution in [0.15, 0.2) is 18.2 Å². The molecule has 1 aromatic carbocycles. The van der Waals surface area contributed by atoms with Crippen molar-refractivity contribution in [3.05, 3.63) is 35.1 Å². The van der Waals surface area contributed by atoms with Gasteiger partial charge in [-0.05, 0) is 18.2 Å². The Morgan fingerprint density at radius 2 is 2.10 bits per heavy atom. The largest absolute Gasteiger partial charge is 0.384 e. The summed E-state index contributed by atoms with van der Waals surface area (Å²) in [4.78, 5) is 14.0. The molecule has 106 valence electrons. The van der Waals surface area contributed by atoms with Gasteiger partial charge >= 0.3 is 0 Å². The SMILES string of the molecule is O=C(c1ccc(F)cc1C#CCO)N1CCS(=O)CC1. The second-order valence-electron chi connectivity index (χ2n) is 4.29. The highest BCUT2D eigenvalue weighted by molar-refractivity contribution is 7.85. The van der Waals surface area contributed by atoms with Crippen LogP contribution in [0.1, 0.15) is 15.9 Å². The Morgan fingerprint density at radius 1 is 1.40 bits per heavy atom. The Labute approximate surface area is 119 Å². The molecule has 1 saturated heterocycles. The zero-order valence-electron chi connectivity index (χ0n) is 10.8. The van der Waals surface area contributed by atoms with E-state index in [9.17, 15) is 13.4 Å². The Balaban J connectivity index is 2.27. The van der Waals surface area contributed by atoms with E-state index in [4.69, 9.17) is 5.11 Å². The van der Waals surface area contributed by atoms with E-state index >= 15 is 0 Å². The lowest BCUT2D eigenvalue weighted by Crippen LogP contribution is -2.42. The van der Waals surface area contributed by atoms with Gasteiger partial charge in [0.15, 0.2) is 0 Å². The molecule has 1 N–H and O–H groups in total. The van der Waals surface area contributed by atoms with E-state index < -0.39 is 16.6 Å². The average Bonchev–Trinajstić information content (AvgIpc) is 2.45. The summed E-state index contributed by atoms with van der Waals surface area (Å²) in [6, 6.07) is 3.78. The minimum absolute atomic E-state index is 0.246. The van der Waals surface area contributed by atoms with Crippen LogP contribution in [0.4, 0.5) is 4.39 Å². The molecule has 1 aliphatic heterocycles. The van der Waals surface area contributed by atoms with Gasteiger partial charge in [0.1, 0.15) is 12.4 Å². The molecule has 1 amide bonds. The van der Waals surface area contributed by atoms with Crippen LogP contribution in [0.3, 0.4) is 0 Å². The van der Waals surface area contributed by atoms with Gasteiger partial charge in [0, 0.05) is 41.0 Å². The van der Waals surface area contributed by atoms with Crippen LogP contribution in [0, 0.1) is 17.7 Å². The summed E-state index contributed by atoms with van der Waals surface area (Å²) >= 11 is 0. The summed E-state index contributed by atoms with van der Waals surface area (Å²) < 4.78 is 24.5. The molecule has 0 unspecified atom stereocenters. The summed E-state index contributed by atoms with van der Waals surface area (Å²) in [6.45, 7) is 0.498. The number of hydrogen-bond acceptors (Lipinski definition) is 3. The normalized spacial score (nSPS) is 15.6. The molecule has 4 nitrogen and oxygen atoms in total. The van der Waals surface area contributed by atoms with Crippen molar-refractivity contribution in [3.63, 3.8) is 0 Å². The third-order valence-electron chi connectivity index (χ3n) is 2.98. The summed E-state index contributed by atoms with van der Waals surface area (Å²) in [7, 11) is -0.863. The molecule has 1 fully saturated rings. The molecule has 0 bridgehead atoms. The Hall–Kier alpha value is -1.71. The summed E-state index contributed by atoms with van der Waals surface area (Å²) in [5.41, 5.74) is 0.566. The molecule has 0 radical (unpaired) electrons. The predicted molar refractivity (Wildman–Crippen MR) is 74.1 cm³/mol. The quantitative estimate of drug-likeness (QED) is 0.762. The van der Waals surface area contributed by atoms with Crippen LogP contribution in [-0.4, -0.2) is 51.3 Å². The number of aliphatic hydroxyl groups is 1. The van der Waals surface area contributed by atoms with E-state index in [2.05, 4.69) is 11.8 Å². The highest BCUT2D eigenvalue weighted by Crippen LogP contribution is 2.14. The Morgan fingerprint density at radius 3 is 2.75 bits per heavy atom. The fourth-order valence-electron chi connectivity index (χ4n) is 1.95. The molecule has 1 heterocycles. The van der Waals surface area contributed by atoms with Crippen molar-refractivity contribution in [2.75, 3.05) is 31.2 Å². The number of hydrogen-bond donors (Lipinski definition) is 1. The zero-order valence-corrected chi connectivity index (χ0v) is 11.6. The van der Waals surface area contributed by atoms with Gasteiger partial charge in [0.25, 0.3) is 5.91 Å². The van der Waals surface area contributed by atoms with Gasteiger partial charge in [-0.2, -0.15) is 0 Å². The highest BCUT2D eigenvalue weighted by atomic mass is 32.2. The number of halogens is 1. The molecule has 1 aliphatic rings. The van der Waals surface area contributed by atoms with Crippen molar-refractivity contribution in [1.82, 2.24) is 4.90 Å². The van der Waals surface area contributed by atoms with Gasteiger partial charge < -0.3 is 10.0 Å². The molecule has 0 aromatic heterocycles. The second kappa shape index (κ2) is 6.64. The minimum Gasteiger partial charge on any atom is -0.384 e. The lowest BCUT2D eigenvalue weighted by Gasteiger charge is -2.26. The molecule has 2 rings (SSSR count). The van der Waals surface area contributed by atoms with Crippen LogP contribution in [0.2, 0.25) is 0 Å². The molecule has 0 aliphatic carbocycles. The van der Waals surface area contributed by atoms with Crippen molar-refractivity contribution < 1.29 is 18.5 Å².